The van der Waals surface area contributed by atoms with E-state index in [4.69, 9.17) is 10.5 Å². The molecular formula is C17H15BrF3NOSi. The van der Waals surface area contributed by atoms with E-state index in [9.17, 15) is 13.2 Å². The minimum Gasteiger partial charge on any atom is -0.451 e. The molecule has 0 atom stereocenters. The quantitative estimate of drug-likeness (QED) is 0.402. The van der Waals surface area contributed by atoms with Gasteiger partial charge >= 0.3 is 0 Å². The van der Waals surface area contributed by atoms with Crippen molar-refractivity contribution in [2.75, 3.05) is 5.73 Å². The van der Waals surface area contributed by atoms with Gasteiger partial charge in [-0.15, -0.1) is 5.54 Å². The van der Waals surface area contributed by atoms with Gasteiger partial charge in [-0.3, -0.25) is 0 Å². The Morgan fingerprint density at radius 2 is 1.75 bits per heavy atom. The predicted molar refractivity (Wildman–Crippen MR) is 95.2 cm³/mol. The van der Waals surface area contributed by atoms with Crippen molar-refractivity contribution in [2.45, 2.75) is 19.6 Å². The normalized spacial score (nSPS) is 11.0. The molecule has 2 N–H and O–H groups in total. The first-order valence-corrected chi connectivity index (χ1v) is 11.3. The zero-order chi connectivity index (χ0) is 18.1. The molecule has 0 heterocycles. The van der Waals surface area contributed by atoms with Gasteiger partial charge < -0.3 is 10.5 Å². The van der Waals surface area contributed by atoms with Crippen LogP contribution in [0, 0.1) is 28.9 Å². The third-order valence-electron chi connectivity index (χ3n) is 2.88. The van der Waals surface area contributed by atoms with Crippen LogP contribution in [-0.2, 0) is 0 Å². The van der Waals surface area contributed by atoms with Crippen molar-refractivity contribution in [3.8, 4) is 23.0 Å². The minimum atomic E-state index is -1.77. The van der Waals surface area contributed by atoms with Crippen molar-refractivity contribution >= 4 is 29.7 Å². The first kappa shape index (κ1) is 18.4. The molecule has 0 saturated carbocycles. The summed E-state index contributed by atoms with van der Waals surface area (Å²) in [6.45, 7) is 5.97. The van der Waals surface area contributed by atoms with Crippen LogP contribution in [0.4, 0.5) is 18.9 Å². The minimum absolute atomic E-state index is 0.0787. The Balaban J connectivity index is 2.50. The molecule has 0 spiro atoms. The van der Waals surface area contributed by atoms with Gasteiger partial charge in [0.05, 0.1) is 15.7 Å². The van der Waals surface area contributed by atoms with Crippen molar-refractivity contribution in [3.05, 3.63) is 51.8 Å². The summed E-state index contributed by atoms with van der Waals surface area (Å²) in [4.78, 5) is 0. The second-order valence-electron chi connectivity index (χ2n) is 6.14. The maximum atomic E-state index is 14.6. The molecule has 0 aliphatic rings. The SMILES string of the molecule is C[Si](C)(C)C#Cc1c(N)cc(F)c(Oc2ccc(F)c(Br)c2)c1F. The van der Waals surface area contributed by atoms with Crippen LogP contribution in [0.2, 0.25) is 19.6 Å². The molecule has 0 fully saturated rings. The predicted octanol–water partition coefficient (Wildman–Crippen LogP) is 5.47. The highest BCUT2D eigenvalue weighted by Crippen LogP contribution is 2.33. The number of nitrogen functional groups attached to an aromatic ring is 1. The summed E-state index contributed by atoms with van der Waals surface area (Å²) in [5.41, 5.74) is 8.46. The van der Waals surface area contributed by atoms with Crippen molar-refractivity contribution in [1.29, 1.82) is 0 Å². The average Bonchev–Trinajstić information content (AvgIpc) is 2.45. The molecule has 0 saturated heterocycles. The molecule has 0 aliphatic carbocycles. The maximum Gasteiger partial charge on any atom is 0.200 e. The average molecular weight is 414 g/mol. The second kappa shape index (κ2) is 6.91. The fourth-order valence-corrected chi connectivity index (χ4v) is 2.61. The molecule has 0 radical (unpaired) electrons. The molecule has 7 heteroatoms. The summed E-state index contributed by atoms with van der Waals surface area (Å²) in [5.74, 6) is -0.293. The van der Waals surface area contributed by atoms with Crippen LogP contribution in [-0.4, -0.2) is 8.07 Å². The zero-order valence-electron chi connectivity index (χ0n) is 13.3. The molecule has 0 aliphatic heterocycles. The number of halogens is 4. The topological polar surface area (TPSA) is 35.2 Å². The van der Waals surface area contributed by atoms with E-state index < -0.39 is 31.3 Å². The van der Waals surface area contributed by atoms with Gasteiger partial charge in [0.2, 0.25) is 0 Å². The van der Waals surface area contributed by atoms with Crippen molar-refractivity contribution in [2.24, 2.45) is 0 Å². The van der Waals surface area contributed by atoms with Gasteiger partial charge in [0.1, 0.15) is 19.6 Å². The van der Waals surface area contributed by atoms with Crippen molar-refractivity contribution < 1.29 is 17.9 Å². The molecule has 0 aromatic heterocycles. The van der Waals surface area contributed by atoms with Crippen LogP contribution >= 0.6 is 15.9 Å². The van der Waals surface area contributed by atoms with E-state index in [1.54, 1.807) is 0 Å². The van der Waals surface area contributed by atoms with Crippen LogP contribution < -0.4 is 10.5 Å². The standard InChI is InChI=1S/C17H15BrF3NOSi/c1-24(2,3)7-6-11-15(22)9-14(20)17(16(11)21)23-10-4-5-13(19)12(18)8-10/h4-5,8-9H,22H2,1-3H3. The van der Waals surface area contributed by atoms with Crippen LogP contribution in [0.5, 0.6) is 11.5 Å². The molecule has 2 rings (SSSR count). The Labute approximate surface area is 148 Å². The molecule has 24 heavy (non-hydrogen) atoms. The number of anilines is 1. The van der Waals surface area contributed by atoms with Gasteiger partial charge in [-0.1, -0.05) is 25.6 Å². The van der Waals surface area contributed by atoms with E-state index >= 15 is 0 Å². The third kappa shape index (κ3) is 4.33. The monoisotopic (exact) mass is 413 g/mol. The Bertz CT molecular complexity index is 854. The van der Waals surface area contributed by atoms with Gasteiger partial charge in [0, 0.05) is 6.07 Å². The van der Waals surface area contributed by atoms with Crippen molar-refractivity contribution in [1.82, 2.24) is 0 Å². The lowest BCUT2D eigenvalue weighted by Gasteiger charge is -2.12. The molecule has 0 unspecified atom stereocenters. The van der Waals surface area contributed by atoms with Crippen LogP contribution in [0.25, 0.3) is 0 Å². The zero-order valence-corrected chi connectivity index (χ0v) is 15.9. The van der Waals surface area contributed by atoms with Crippen LogP contribution in [0.3, 0.4) is 0 Å². The number of hydrogen-bond donors (Lipinski definition) is 1. The summed E-state index contributed by atoms with van der Waals surface area (Å²) in [6, 6.07) is 4.63. The van der Waals surface area contributed by atoms with Gasteiger partial charge in [-0.25, -0.2) is 13.2 Å². The van der Waals surface area contributed by atoms with Gasteiger partial charge in [0.25, 0.3) is 0 Å². The highest BCUT2D eigenvalue weighted by molar-refractivity contribution is 9.10. The second-order valence-corrected chi connectivity index (χ2v) is 11.7. The Hall–Kier alpha value is -1.91. The van der Waals surface area contributed by atoms with Crippen LogP contribution in [0.1, 0.15) is 5.56 Å². The Morgan fingerprint density at radius 1 is 1.08 bits per heavy atom. The molecule has 2 aromatic carbocycles. The molecule has 2 aromatic rings. The van der Waals surface area contributed by atoms with Gasteiger partial charge in [-0.2, -0.15) is 0 Å². The summed E-state index contributed by atoms with van der Waals surface area (Å²) < 4.78 is 47.3. The highest BCUT2D eigenvalue weighted by Gasteiger charge is 2.19. The third-order valence-corrected chi connectivity index (χ3v) is 4.36. The lowest BCUT2D eigenvalue weighted by Crippen LogP contribution is -2.16. The van der Waals surface area contributed by atoms with E-state index in [0.717, 1.165) is 12.1 Å². The lowest BCUT2D eigenvalue weighted by atomic mass is 10.1. The number of rotatable bonds is 2. The van der Waals surface area contributed by atoms with Crippen LogP contribution in [0.15, 0.2) is 28.7 Å². The fourth-order valence-electron chi connectivity index (χ4n) is 1.75. The molecule has 126 valence electrons. The Kier molecular flexibility index (Phi) is 5.31. The van der Waals surface area contributed by atoms with E-state index in [1.165, 1.54) is 12.1 Å². The molecular weight excluding hydrogens is 399 g/mol. The molecule has 2 nitrogen and oxygen atoms in total. The van der Waals surface area contributed by atoms with E-state index in [0.29, 0.717) is 0 Å². The summed E-state index contributed by atoms with van der Waals surface area (Å²) >= 11 is 2.99. The Morgan fingerprint density at radius 3 is 2.33 bits per heavy atom. The van der Waals surface area contributed by atoms with Gasteiger partial charge in [0.15, 0.2) is 17.4 Å². The first-order valence-electron chi connectivity index (χ1n) is 7.02. The fraction of sp³-hybridized carbons (Fsp3) is 0.176. The number of ether oxygens (including phenoxy) is 1. The van der Waals surface area contributed by atoms with E-state index in [-0.39, 0.29) is 21.5 Å². The van der Waals surface area contributed by atoms with Crippen molar-refractivity contribution in [3.63, 3.8) is 0 Å². The molecule has 0 bridgehead atoms. The number of nitrogens with two attached hydrogens (primary N) is 1. The maximum absolute atomic E-state index is 14.6. The van der Waals surface area contributed by atoms with E-state index in [1.807, 2.05) is 19.6 Å². The van der Waals surface area contributed by atoms with Gasteiger partial charge in [-0.05, 0) is 34.1 Å². The first-order chi connectivity index (χ1) is 11.1. The lowest BCUT2D eigenvalue weighted by molar-refractivity contribution is 0.406. The largest absolute Gasteiger partial charge is 0.451 e. The summed E-state index contributed by atoms with van der Waals surface area (Å²) in [5, 5.41) is 0. The highest BCUT2D eigenvalue weighted by atomic mass is 79.9. The van der Waals surface area contributed by atoms with E-state index in [2.05, 4.69) is 27.4 Å². The summed E-state index contributed by atoms with van der Waals surface area (Å²) in [6.07, 6.45) is 0. The number of benzene rings is 2. The number of hydrogen-bond acceptors (Lipinski definition) is 2. The molecule has 0 amide bonds. The summed E-state index contributed by atoms with van der Waals surface area (Å²) in [7, 11) is -1.77. The smallest absolute Gasteiger partial charge is 0.200 e.